The lowest BCUT2D eigenvalue weighted by atomic mass is 10.2. The molecule has 2 aromatic heterocycles. The summed E-state index contributed by atoms with van der Waals surface area (Å²) in [6, 6.07) is 3.47. The molecule has 0 aliphatic rings. The van der Waals surface area contributed by atoms with E-state index in [1.807, 2.05) is 0 Å². The number of anilines is 1. The van der Waals surface area contributed by atoms with Gasteiger partial charge in [-0.15, -0.1) is 0 Å². The van der Waals surface area contributed by atoms with Gasteiger partial charge in [-0.05, 0) is 30.3 Å². The van der Waals surface area contributed by atoms with Gasteiger partial charge in [0, 0.05) is 6.20 Å². The molecule has 0 bridgehead atoms. The fraction of sp³-hybridized carbons (Fsp3) is 0.176. The van der Waals surface area contributed by atoms with Crippen molar-refractivity contribution in [2.24, 2.45) is 5.73 Å². The molecule has 1 aromatic carbocycles. The number of nitrogens with two attached hydrogens (primary N) is 1. The lowest BCUT2D eigenvalue weighted by Crippen LogP contribution is -2.38. The molecule has 0 aliphatic carbocycles. The highest BCUT2D eigenvalue weighted by Gasteiger charge is 2.34. The summed E-state index contributed by atoms with van der Waals surface area (Å²) in [5.41, 5.74) is 2.41. The Morgan fingerprint density at radius 1 is 1.03 bits per heavy atom. The minimum Gasteiger partial charge on any atom is -0.368 e. The Morgan fingerprint density at radius 3 is 2.21 bits per heavy atom. The number of primary amides is 1. The van der Waals surface area contributed by atoms with Gasteiger partial charge in [-0.3, -0.25) is 9.10 Å². The van der Waals surface area contributed by atoms with Crippen molar-refractivity contribution < 1.29 is 39.6 Å². The van der Waals surface area contributed by atoms with Crippen LogP contribution < -0.4 is 10.0 Å². The van der Waals surface area contributed by atoms with E-state index in [1.165, 1.54) is 0 Å². The van der Waals surface area contributed by atoms with Crippen LogP contribution in [-0.2, 0) is 27.2 Å². The third-order valence-electron chi connectivity index (χ3n) is 4.07. The summed E-state index contributed by atoms with van der Waals surface area (Å²) < 4.78 is 104. The third-order valence-corrected chi connectivity index (χ3v) is 5.79. The van der Waals surface area contributed by atoms with Gasteiger partial charge in [-0.25, -0.2) is 23.1 Å². The Morgan fingerprint density at radius 2 is 1.67 bits per heavy atom. The van der Waals surface area contributed by atoms with Crippen LogP contribution in [0.3, 0.4) is 0 Å². The minimum atomic E-state index is -4.79. The van der Waals surface area contributed by atoms with Crippen molar-refractivity contribution in [3.63, 3.8) is 0 Å². The highest BCUT2D eigenvalue weighted by molar-refractivity contribution is 7.92. The second kappa shape index (κ2) is 8.34. The molecule has 0 atom stereocenters. The van der Waals surface area contributed by atoms with Gasteiger partial charge in [0.2, 0.25) is 5.91 Å². The zero-order valence-corrected chi connectivity index (χ0v) is 16.9. The van der Waals surface area contributed by atoms with E-state index in [4.69, 9.17) is 5.73 Å². The van der Waals surface area contributed by atoms with E-state index in [1.54, 1.807) is 0 Å². The molecule has 3 rings (SSSR count). The molecule has 0 saturated heterocycles. The van der Waals surface area contributed by atoms with E-state index < -0.39 is 56.9 Å². The highest BCUT2D eigenvalue weighted by atomic mass is 32.2. The quantitative estimate of drug-likeness (QED) is 0.525. The van der Waals surface area contributed by atoms with Gasteiger partial charge in [-0.1, -0.05) is 0 Å². The normalized spacial score (nSPS) is 12.5. The molecule has 33 heavy (non-hydrogen) atoms. The molecule has 16 heteroatoms. The van der Waals surface area contributed by atoms with Crippen LogP contribution in [0.4, 0.5) is 32.0 Å². The van der Waals surface area contributed by atoms with Crippen molar-refractivity contribution in [1.29, 1.82) is 0 Å². The summed E-state index contributed by atoms with van der Waals surface area (Å²) in [6.45, 7) is -0.932. The number of amides is 1. The van der Waals surface area contributed by atoms with Gasteiger partial charge >= 0.3 is 12.4 Å². The molecule has 176 valence electrons. The predicted octanol–water partition coefficient (Wildman–Crippen LogP) is 2.38. The van der Waals surface area contributed by atoms with Crippen LogP contribution in [-0.4, -0.2) is 40.6 Å². The Kier molecular flexibility index (Phi) is 6.06. The summed E-state index contributed by atoms with van der Waals surface area (Å²) >= 11 is 0. The average Bonchev–Trinajstić information content (AvgIpc) is 3.22. The van der Waals surface area contributed by atoms with Crippen LogP contribution in [0.1, 0.15) is 11.3 Å². The minimum absolute atomic E-state index is 0.315. The molecule has 1 amide bonds. The number of hydrogen-bond acceptors (Lipinski definition) is 6. The van der Waals surface area contributed by atoms with Crippen molar-refractivity contribution in [1.82, 2.24) is 19.7 Å². The summed E-state index contributed by atoms with van der Waals surface area (Å²) in [6.07, 6.45) is -7.15. The largest absolute Gasteiger partial charge is 0.433 e. The average molecular weight is 494 g/mol. The van der Waals surface area contributed by atoms with Gasteiger partial charge in [-0.2, -0.15) is 31.4 Å². The van der Waals surface area contributed by atoms with Gasteiger partial charge in [0.1, 0.15) is 17.1 Å². The van der Waals surface area contributed by atoms with Crippen LogP contribution in [0, 0.1) is 0 Å². The zero-order valence-electron chi connectivity index (χ0n) is 16.0. The zero-order chi connectivity index (χ0) is 24.6. The molecule has 3 aromatic rings. The first-order chi connectivity index (χ1) is 15.2. The highest BCUT2D eigenvalue weighted by Crippen LogP contribution is 2.32. The van der Waals surface area contributed by atoms with Crippen molar-refractivity contribution in [3.05, 3.63) is 60.2 Å². The molecule has 0 fully saturated rings. The first-order valence-corrected chi connectivity index (χ1v) is 10.1. The number of sulfonamides is 1. The summed E-state index contributed by atoms with van der Waals surface area (Å²) in [5.74, 6) is -1.71. The van der Waals surface area contributed by atoms with Gasteiger partial charge in [0.05, 0.1) is 23.6 Å². The van der Waals surface area contributed by atoms with Crippen molar-refractivity contribution >= 4 is 21.6 Å². The maximum atomic E-state index is 13.0. The first-order valence-electron chi connectivity index (χ1n) is 8.63. The van der Waals surface area contributed by atoms with Crippen LogP contribution in [0.2, 0.25) is 0 Å². The van der Waals surface area contributed by atoms with Gasteiger partial charge < -0.3 is 5.73 Å². The number of carbonyl (C=O) groups excluding carboxylic acids is 1. The number of alkyl halides is 6. The van der Waals surface area contributed by atoms with Crippen molar-refractivity contribution in [2.45, 2.75) is 17.2 Å². The van der Waals surface area contributed by atoms with E-state index in [0.717, 1.165) is 30.7 Å². The smallest absolute Gasteiger partial charge is 0.368 e. The maximum absolute atomic E-state index is 13.0. The molecule has 0 unspecified atom stereocenters. The second-order valence-corrected chi connectivity index (χ2v) is 8.25. The topological polar surface area (TPSA) is 124 Å². The lowest BCUT2D eigenvalue weighted by molar-refractivity contribution is -0.141. The fourth-order valence-electron chi connectivity index (χ4n) is 2.57. The number of carbonyl (C=O) groups is 1. The third kappa shape index (κ3) is 5.21. The number of rotatable bonds is 6. The standard InChI is InChI=1S/C17H12F6N6O3S/c18-16(19,20)10-1-3-11(4-2-10)29(9-14(24)30)33(31,32)12-7-26-28(8-12)15-25-6-5-13(27-15)17(21,22)23/h1-8H,9H2,(H2,24,30). The van der Waals surface area contributed by atoms with Crippen LogP contribution >= 0.6 is 0 Å². The summed E-state index contributed by atoms with van der Waals surface area (Å²) in [7, 11) is -4.63. The molecule has 2 heterocycles. The number of benzene rings is 1. The molecular weight excluding hydrogens is 482 g/mol. The van der Waals surface area contributed by atoms with E-state index >= 15 is 0 Å². The van der Waals surface area contributed by atoms with E-state index in [9.17, 15) is 39.6 Å². The molecule has 9 nitrogen and oxygen atoms in total. The van der Waals surface area contributed by atoms with Crippen LogP contribution in [0.25, 0.3) is 5.95 Å². The molecule has 0 aliphatic heterocycles. The van der Waals surface area contributed by atoms with E-state index in [2.05, 4.69) is 15.1 Å². The van der Waals surface area contributed by atoms with E-state index in [-0.39, 0.29) is 5.69 Å². The molecule has 2 N–H and O–H groups in total. The van der Waals surface area contributed by atoms with Crippen LogP contribution in [0.15, 0.2) is 53.8 Å². The number of aromatic nitrogens is 4. The van der Waals surface area contributed by atoms with Gasteiger partial charge in [0.15, 0.2) is 0 Å². The monoisotopic (exact) mass is 494 g/mol. The molecular formula is C17H12F6N6O3S. The summed E-state index contributed by atoms with van der Waals surface area (Å²) in [4.78, 5) is 17.7. The number of nitrogens with zero attached hydrogens (tertiary/aromatic N) is 5. The molecule has 0 radical (unpaired) electrons. The fourth-order valence-corrected chi connectivity index (χ4v) is 3.93. The Hall–Kier alpha value is -3.69. The lowest BCUT2D eigenvalue weighted by Gasteiger charge is -2.22. The number of halogens is 6. The van der Waals surface area contributed by atoms with Gasteiger partial charge in [0.25, 0.3) is 16.0 Å². The second-order valence-electron chi connectivity index (χ2n) is 6.38. The summed E-state index contributed by atoms with van der Waals surface area (Å²) in [5, 5.41) is 3.63. The first kappa shape index (κ1) is 24.0. The predicted molar refractivity (Wildman–Crippen MR) is 99.3 cm³/mol. The van der Waals surface area contributed by atoms with Crippen LogP contribution in [0.5, 0.6) is 0 Å². The Balaban J connectivity index is 2.00. The number of hydrogen-bond donors (Lipinski definition) is 1. The SMILES string of the molecule is NC(=O)CN(c1ccc(C(F)(F)F)cc1)S(=O)(=O)c1cnn(-c2nccc(C(F)(F)F)n2)c1. The Labute approximate surface area is 181 Å². The van der Waals surface area contributed by atoms with Crippen molar-refractivity contribution in [2.75, 3.05) is 10.8 Å². The van der Waals surface area contributed by atoms with Crippen molar-refractivity contribution in [3.8, 4) is 5.95 Å². The molecule has 0 saturated carbocycles. The molecule has 0 spiro atoms. The maximum Gasteiger partial charge on any atom is 0.433 e. The Bertz CT molecular complexity index is 1270. The van der Waals surface area contributed by atoms with E-state index in [0.29, 0.717) is 27.2 Å².